The lowest BCUT2D eigenvalue weighted by molar-refractivity contribution is 0.0704. The van der Waals surface area contributed by atoms with Crippen LogP contribution in [0.3, 0.4) is 0 Å². The minimum absolute atomic E-state index is 0.118. The number of amides is 1. The van der Waals surface area contributed by atoms with Crippen LogP contribution in [-0.2, 0) is 0 Å². The number of benzene rings is 1. The summed E-state index contributed by atoms with van der Waals surface area (Å²) in [5.74, 6) is 0.689. The van der Waals surface area contributed by atoms with Gasteiger partial charge in [-0.1, -0.05) is 0 Å². The fraction of sp³-hybridized carbons (Fsp3) is 0.529. The summed E-state index contributed by atoms with van der Waals surface area (Å²) in [5, 5.41) is 12.3. The predicted octanol–water partition coefficient (Wildman–Crippen LogP) is 2.16. The fourth-order valence-electron chi connectivity index (χ4n) is 3.00. The molecule has 1 aromatic rings. The quantitative estimate of drug-likeness (QED) is 0.921. The summed E-state index contributed by atoms with van der Waals surface area (Å²) in [6, 6.07) is 9.51. The molecule has 4 heteroatoms. The van der Waals surface area contributed by atoms with E-state index in [1.807, 2.05) is 0 Å². The van der Waals surface area contributed by atoms with Crippen LogP contribution < -0.4 is 5.32 Å². The average molecular weight is 283 g/mol. The number of rotatable bonds is 4. The molecule has 1 aliphatic heterocycles. The van der Waals surface area contributed by atoms with Crippen molar-refractivity contribution in [3.63, 3.8) is 0 Å². The molecule has 0 radical (unpaired) electrons. The average Bonchev–Trinajstić information content (AvgIpc) is 3.38. The Hall–Kier alpha value is -1.86. The van der Waals surface area contributed by atoms with E-state index in [0.717, 1.165) is 32.5 Å². The Kier molecular flexibility index (Phi) is 4.21. The van der Waals surface area contributed by atoms with Crippen LogP contribution in [0.5, 0.6) is 0 Å². The number of piperidine rings is 1. The standard InChI is InChI=1S/C17H21N3O/c18-10-13-3-5-15(6-4-13)17(21)20(16-7-8-16)12-14-2-1-9-19-11-14/h3-6,14,16,19H,1-2,7-9,11-12H2. The first-order chi connectivity index (χ1) is 10.3. The number of carbonyl (C=O) groups excluding carboxylic acids is 1. The molecule has 1 amide bonds. The molecule has 2 aliphatic rings. The molecule has 1 heterocycles. The van der Waals surface area contributed by atoms with Gasteiger partial charge in [-0.3, -0.25) is 4.79 Å². The lowest BCUT2D eigenvalue weighted by Gasteiger charge is -2.30. The molecule has 1 saturated heterocycles. The van der Waals surface area contributed by atoms with Gasteiger partial charge in [0.25, 0.3) is 5.91 Å². The van der Waals surface area contributed by atoms with Crippen LogP contribution in [-0.4, -0.2) is 36.5 Å². The molecule has 1 atom stereocenters. The molecule has 2 fully saturated rings. The molecule has 1 aliphatic carbocycles. The Morgan fingerprint density at radius 2 is 2.05 bits per heavy atom. The summed E-state index contributed by atoms with van der Waals surface area (Å²) in [6.07, 6.45) is 4.66. The van der Waals surface area contributed by atoms with Crippen molar-refractivity contribution in [2.75, 3.05) is 19.6 Å². The number of carbonyl (C=O) groups is 1. The first-order valence-electron chi connectivity index (χ1n) is 7.80. The topological polar surface area (TPSA) is 56.1 Å². The van der Waals surface area contributed by atoms with Crippen molar-refractivity contribution >= 4 is 5.91 Å². The molecule has 1 aromatic carbocycles. The highest BCUT2D eigenvalue weighted by Crippen LogP contribution is 2.30. The van der Waals surface area contributed by atoms with E-state index in [2.05, 4.69) is 16.3 Å². The zero-order chi connectivity index (χ0) is 14.7. The maximum atomic E-state index is 12.7. The molecule has 4 nitrogen and oxygen atoms in total. The lowest BCUT2D eigenvalue weighted by atomic mass is 9.98. The van der Waals surface area contributed by atoms with E-state index in [0.29, 0.717) is 23.1 Å². The van der Waals surface area contributed by atoms with E-state index in [4.69, 9.17) is 5.26 Å². The van der Waals surface area contributed by atoms with Gasteiger partial charge in [0.05, 0.1) is 11.6 Å². The van der Waals surface area contributed by atoms with Crippen molar-refractivity contribution in [1.29, 1.82) is 5.26 Å². The summed E-state index contributed by atoms with van der Waals surface area (Å²) in [6.45, 7) is 2.98. The van der Waals surface area contributed by atoms with E-state index in [1.54, 1.807) is 24.3 Å². The zero-order valence-electron chi connectivity index (χ0n) is 12.2. The molecule has 110 valence electrons. The highest BCUT2D eigenvalue weighted by Gasteiger charge is 2.34. The number of nitrogens with one attached hydrogen (secondary N) is 1. The Morgan fingerprint density at radius 1 is 1.29 bits per heavy atom. The van der Waals surface area contributed by atoms with Crippen molar-refractivity contribution in [3.05, 3.63) is 35.4 Å². The highest BCUT2D eigenvalue weighted by molar-refractivity contribution is 5.94. The molecule has 0 bridgehead atoms. The molecule has 0 aromatic heterocycles. The minimum Gasteiger partial charge on any atom is -0.335 e. The normalized spacial score (nSPS) is 21.6. The number of nitrogens with zero attached hydrogens (tertiary/aromatic N) is 2. The van der Waals surface area contributed by atoms with Crippen molar-refractivity contribution in [2.24, 2.45) is 5.92 Å². The van der Waals surface area contributed by atoms with Gasteiger partial charge in [0, 0.05) is 18.2 Å². The Bertz CT molecular complexity index is 536. The maximum Gasteiger partial charge on any atom is 0.254 e. The molecule has 1 unspecified atom stereocenters. The van der Waals surface area contributed by atoms with Gasteiger partial charge in [0.15, 0.2) is 0 Å². The third-order valence-electron chi connectivity index (χ3n) is 4.36. The monoisotopic (exact) mass is 283 g/mol. The molecule has 1 N–H and O–H groups in total. The summed E-state index contributed by atoms with van der Waals surface area (Å²) in [7, 11) is 0. The van der Waals surface area contributed by atoms with E-state index >= 15 is 0 Å². The summed E-state index contributed by atoms with van der Waals surface area (Å²) < 4.78 is 0. The van der Waals surface area contributed by atoms with Gasteiger partial charge in [-0.2, -0.15) is 5.26 Å². The summed E-state index contributed by atoms with van der Waals surface area (Å²) >= 11 is 0. The zero-order valence-corrected chi connectivity index (χ0v) is 12.2. The van der Waals surface area contributed by atoms with Crippen LogP contribution in [0.15, 0.2) is 24.3 Å². The first-order valence-corrected chi connectivity index (χ1v) is 7.80. The number of hydrogen-bond donors (Lipinski definition) is 1. The van der Waals surface area contributed by atoms with Crippen molar-refractivity contribution < 1.29 is 4.79 Å². The number of hydrogen-bond acceptors (Lipinski definition) is 3. The summed E-state index contributed by atoms with van der Waals surface area (Å²) in [5.41, 5.74) is 1.30. The smallest absolute Gasteiger partial charge is 0.254 e. The Balaban J connectivity index is 1.70. The van der Waals surface area contributed by atoms with Gasteiger partial charge in [-0.05, 0) is 69.0 Å². The van der Waals surface area contributed by atoms with Crippen LogP contribution in [0.25, 0.3) is 0 Å². The predicted molar refractivity (Wildman–Crippen MR) is 80.8 cm³/mol. The molecular weight excluding hydrogens is 262 g/mol. The van der Waals surface area contributed by atoms with Crippen LogP contribution >= 0.6 is 0 Å². The maximum absolute atomic E-state index is 12.7. The van der Waals surface area contributed by atoms with Crippen LogP contribution in [0.1, 0.15) is 41.6 Å². The van der Waals surface area contributed by atoms with Crippen molar-refractivity contribution in [2.45, 2.75) is 31.7 Å². The second-order valence-electron chi connectivity index (χ2n) is 6.09. The SMILES string of the molecule is N#Cc1ccc(C(=O)N(CC2CCCNC2)C2CC2)cc1. The van der Waals surface area contributed by atoms with E-state index in [-0.39, 0.29) is 5.91 Å². The van der Waals surface area contributed by atoms with Crippen molar-refractivity contribution in [3.8, 4) is 6.07 Å². The van der Waals surface area contributed by atoms with Crippen LogP contribution in [0.4, 0.5) is 0 Å². The van der Waals surface area contributed by atoms with E-state index in [9.17, 15) is 4.79 Å². The molecule has 3 rings (SSSR count). The van der Waals surface area contributed by atoms with E-state index < -0.39 is 0 Å². The summed E-state index contributed by atoms with van der Waals surface area (Å²) in [4.78, 5) is 14.8. The fourth-order valence-corrected chi connectivity index (χ4v) is 3.00. The van der Waals surface area contributed by atoms with Crippen LogP contribution in [0, 0.1) is 17.2 Å². The van der Waals surface area contributed by atoms with E-state index in [1.165, 1.54) is 12.8 Å². The van der Waals surface area contributed by atoms with Crippen LogP contribution in [0.2, 0.25) is 0 Å². The van der Waals surface area contributed by atoms with Gasteiger partial charge in [-0.25, -0.2) is 0 Å². The van der Waals surface area contributed by atoms with Gasteiger partial charge in [0.2, 0.25) is 0 Å². The Morgan fingerprint density at radius 3 is 2.62 bits per heavy atom. The van der Waals surface area contributed by atoms with Gasteiger partial charge < -0.3 is 10.2 Å². The lowest BCUT2D eigenvalue weighted by Crippen LogP contribution is -2.42. The molecular formula is C17H21N3O. The second-order valence-corrected chi connectivity index (χ2v) is 6.09. The van der Waals surface area contributed by atoms with Gasteiger partial charge in [-0.15, -0.1) is 0 Å². The first kappa shape index (κ1) is 14.1. The minimum atomic E-state index is 0.118. The highest BCUT2D eigenvalue weighted by atomic mass is 16.2. The van der Waals surface area contributed by atoms with Crippen molar-refractivity contribution in [1.82, 2.24) is 10.2 Å². The van der Waals surface area contributed by atoms with Gasteiger partial charge in [0.1, 0.15) is 0 Å². The Labute approximate surface area is 125 Å². The molecule has 21 heavy (non-hydrogen) atoms. The molecule has 1 saturated carbocycles. The van der Waals surface area contributed by atoms with Gasteiger partial charge >= 0.3 is 0 Å². The molecule has 0 spiro atoms. The second kappa shape index (κ2) is 6.28. The largest absolute Gasteiger partial charge is 0.335 e. The third kappa shape index (κ3) is 3.43. The number of nitriles is 1. The third-order valence-corrected chi connectivity index (χ3v) is 4.36.